The van der Waals surface area contributed by atoms with Crippen molar-refractivity contribution in [2.75, 3.05) is 11.9 Å². The predicted octanol–water partition coefficient (Wildman–Crippen LogP) is 0.758. The molecule has 1 aromatic heterocycles. The second-order valence-corrected chi connectivity index (χ2v) is 3.73. The average Bonchev–Trinajstić information content (AvgIpc) is 2.62. The lowest BCUT2D eigenvalue weighted by Crippen LogP contribution is -2.17. The second kappa shape index (κ2) is 3.92. The first-order valence-corrected chi connectivity index (χ1v) is 5.02. The Morgan fingerprint density at radius 3 is 3.14 bits per heavy atom. The van der Waals surface area contributed by atoms with E-state index < -0.39 is 0 Å². The van der Waals surface area contributed by atoms with E-state index >= 15 is 0 Å². The zero-order chi connectivity index (χ0) is 9.97. The minimum atomic E-state index is -0.345. The molecule has 1 aliphatic rings. The molecule has 76 valence electrons. The third-order valence-electron chi connectivity index (χ3n) is 2.44. The summed E-state index contributed by atoms with van der Waals surface area (Å²) in [5, 5.41) is 12.3. The molecule has 2 N–H and O–H groups in total. The summed E-state index contributed by atoms with van der Waals surface area (Å²) in [7, 11) is 0. The first-order valence-electron chi connectivity index (χ1n) is 5.02. The van der Waals surface area contributed by atoms with Crippen molar-refractivity contribution in [3.63, 3.8) is 0 Å². The van der Waals surface area contributed by atoms with Crippen molar-refractivity contribution in [2.24, 2.45) is 0 Å². The predicted molar refractivity (Wildman–Crippen MR) is 54.2 cm³/mol. The van der Waals surface area contributed by atoms with Crippen LogP contribution in [0.1, 0.15) is 24.6 Å². The largest absolute Gasteiger partial charge is 0.392 e. The third kappa shape index (κ3) is 1.85. The van der Waals surface area contributed by atoms with Crippen LogP contribution >= 0.6 is 0 Å². The van der Waals surface area contributed by atoms with E-state index in [4.69, 9.17) is 5.11 Å². The number of anilines is 1. The molecule has 1 atom stereocenters. The van der Waals surface area contributed by atoms with E-state index in [1.807, 2.05) is 0 Å². The van der Waals surface area contributed by atoms with Crippen LogP contribution in [0, 0.1) is 0 Å². The van der Waals surface area contributed by atoms with Gasteiger partial charge in [-0.1, -0.05) is 0 Å². The Morgan fingerprint density at radius 1 is 1.50 bits per heavy atom. The fourth-order valence-electron chi connectivity index (χ4n) is 1.76. The van der Waals surface area contributed by atoms with Gasteiger partial charge in [0.25, 0.3) is 0 Å². The zero-order valence-corrected chi connectivity index (χ0v) is 8.32. The number of hydrogen-bond donors (Lipinski definition) is 2. The maximum atomic E-state index is 9.16. The van der Waals surface area contributed by atoms with E-state index in [1.165, 1.54) is 5.56 Å². The van der Waals surface area contributed by atoms with Gasteiger partial charge in [0, 0.05) is 17.8 Å². The Bertz CT molecular complexity index is 325. The summed E-state index contributed by atoms with van der Waals surface area (Å²) in [5.41, 5.74) is 2.39. The highest BCUT2D eigenvalue weighted by Crippen LogP contribution is 2.24. The molecule has 0 saturated heterocycles. The number of nitrogens with zero attached hydrogens (tertiary/aromatic N) is 2. The molecule has 0 spiro atoms. The number of nitrogens with one attached hydrogen (secondary N) is 1. The minimum Gasteiger partial charge on any atom is -0.392 e. The van der Waals surface area contributed by atoms with Crippen LogP contribution in [0.3, 0.4) is 0 Å². The first-order chi connectivity index (χ1) is 6.77. The molecule has 0 radical (unpaired) electrons. The van der Waals surface area contributed by atoms with Gasteiger partial charge in [-0.05, 0) is 26.2 Å². The number of aromatic nitrogens is 2. The molecule has 0 aliphatic heterocycles. The molecule has 0 unspecified atom stereocenters. The number of aliphatic hydroxyl groups excluding tert-OH is 1. The molecule has 2 rings (SSSR count). The summed E-state index contributed by atoms with van der Waals surface area (Å²) >= 11 is 0. The van der Waals surface area contributed by atoms with E-state index in [-0.39, 0.29) is 6.10 Å². The SMILES string of the molecule is C[C@@H](O)CNc1ncnc2c1CCC2. The summed E-state index contributed by atoms with van der Waals surface area (Å²) in [6, 6.07) is 0. The normalized spacial score (nSPS) is 16.4. The average molecular weight is 193 g/mol. The van der Waals surface area contributed by atoms with E-state index in [0.717, 1.165) is 30.8 Å². The molecule has 0 saturated carbocycles. The molecule has 1 aromatic rings. The third-order valence-corrected chi connectivity index (χ3v) is 2.44. The van der Waals surface area contributed by atoms with Crippen LogP contribution in [0.2, 0.25) is 0 Å². The standard InChI is InChI=1S/C10H15N3O/c1-7(14)5-11-10-8-3-2-4-9(8)12-6-13-10/h6-7,14H,2-5H2,1H3,(H,11,12,13)/t7-/m1/s1. The van der Waals surface area contributed by atoms with Gasteiger partial charge >= 0.3 is 0 Å². The number of rotatable bonds is 3. The molecule has 1 heterocycles. The molecule has 1 aliphatic carbocycles. The van der Waals surface area contributed by atoms with Crippen LogP contribution in [0.4, 0.5) is 5.82 Å². The highest BCUT2D eigenvalue weighted by atomic mass is 16.3. The van der Waals surface area contributed by atoms with Gasteiger partial charge in [0.2, 0.25) is 0 Å². The lowest BCUT2D eigenvalue weighted by molar-refractivity contribution is 0.208. The Balaban J connectivity index is 2.14. The molecular weight excluding hydrogens is 178 g/mol. The Kier molecular flexibility index (Phi) is 2.63. The van der Waals surface area contributed by atoms with Gasteiger partial charge in [-0.3, -0.25) is 0 Å². The van der Waals surface area contributed by atoms with Gasteiger partial charge in [-0.25, -0.2) is 9.97 Å². The van der Waals surface area contributed by atoms with Crippen LogP contribution < -0.4 is 5.32 Å². The van der Waals surface area contributed by atoms with Gasteiger partial charge in [0.1, 0.15) is 12.1 Å². The lowest BCUT2D eigenvalue weighted by Gasteiger charge is -2.10. The smallest absolute Gasteiger partial charge is 0.132 e. The Labute approximate surface area is 83.4 Å². The van der Waals surface area contributed by atoms with Crippen LogP contribution in [0.15, 0.2) is 6.33 Å². The van der Waals surface area contributed by atoms with Crippen molar-refractivity contribution < 1.29 is 5.11 Å². The summed E-state index contributed by atoms with van der Waals surface area (Å²) in [5.74, 6) is 0.897. The molecule has 0 aromatic carbocycles. The summed E-state index contributed by atoms with van der Waals surface area (Å²) < 4.78 is 0. The van der Waals surface area contributed by atoms with E-state index in [9.17, 15) is 0 Å². The van der Waals surface area contributed by atoms with Crippen molar-refractivity contribution in [1.29, 1.82) is 0 Å². The van der Waals surface area contributed by atoms with Gasteiger partial charge in [0.05, 0.1) is 6.10 Å². The van der Waals surface area contributed by atoms with Gasteiger partial charge in [-0.15, -0.1) is 0 Å². The van der Waals surface area contributed by atoms with E-state index in [1.54, 1.807) is 13.3 Å². The van der Waals surface area contributed by atoms with Crippen molar-refractivity contribution in [3.8, 4) is 0 Å². The van der Waals surface area contributed by atoms with Crippen LogP contribution in [0.25, 0.3) is 0 Å². The number of hydrogen-bond acceptors (Lipinski definition) is 4. The molecule has 0 bridgehead atoms. The van der Waals surface area contributed by atoms with Crippen molar-refractivity contribution in [2.45, 2.75) is 32.3 Å². The number of fused-ring (bicyclic) bond motifs is 1. The van der Waals surface area contributed by atoms with Gasteiger partial charge in [0.15, 0.2) is 0 Å². The number of aryl methyl sites for hydroxylation is 1. The van der Waals surface area contributed by atoms with Crippen molar-refractivity contribution in [3.05, 3.63) is 17.6 Å². The lowest BCUT2D eigenvalue weighted by atomic mass is 10.2. The van der Waals surface area contributed by atoms with E-state index in [0.29, 0.717) is 6.54 Å². The molecule has 4 nitrogen and oxygen atoms in total. The first kappa shape index (κ1) is 9.40. The highest BCUT2D eigenvalue weighted by Gasteiger charge is 2.16. The van der Waals surface area contributed by atoms with Crippen LogP contribution in [0.5, 0.6) is 0 Å². The van der Waals surface area contributed by atoms with Crippen LogP contribution in [-0.4, -0.2) is 27.7 Å². The van der Waals surface area contributed by atoms with Crippen molar-refractivity contribution >= 4 is 5.82 Å². The fourth-order valence-corrected chi connectivity index (χ4v) is 1.76. The maximum Gasteiger partial charge on any atom is 0.132 e. The quantitative estimate of drug-likeness (QED) is 0.744. The zero-order valence-electron chi connectivity index (χ0n) is 8.32. The number of aliphatic hydroxyl groups is 1. The van der Waals surface area contributed by atoms with Gasteiger partial charge < -0.3 is 10.4 Å². The maximum absolute atomic E-state index is 9.16. The Hall–Kier alpha value is -1.16. The Morgan fingerprint density at radius 2 is 2.36 bits per heavy atom. The molecular formula is C10H15N3O. The fraction of sp³-hybridized carbons (Fsp3) is 0.600. The van der Waals surface area contributed by atoms with Crippen LogP contribution in [-0.2, 0) is 12.8 Å². The summed E-state index contributed by atoms with van der Waals surface area (Å²) in [6.45, 7) is 2.30. The van der Waals surface area contributed by atoms with E-state index in [2.05, 4.69) is 15.3 Å². The molecule has 14 heavy (non-hydrogen) atoms. The topological polar surface area (TPSA) is 58.0 Å². The minimum absolute atomic E-state index is 0.345. The second-order valence-electron chi connectivity index (χ2n) is 3.73. The summed E-state index contributed by atoms with van der Waals surface area (Å²) in [6.07, 6.45) is 4.52. The van der Waals surface area contributed by atoms with Crippen molar-refractivity contribution in [1.82, 2.24) is 9.97 Å². The molecule has 0 fully saturated rings. The summed E-state index contributed by atoms with van der Waals surface area (Å²) in [4.78, 5) is 8.42. The van der Waals surface area contributed by atoms with Gasteiger partial charge in [-0.2, -0.15) is 0 Å². The monoisotopic (exact) mass is 193 g/mol. The molecule has 0 amide bonds. The highest BCUT2D eigenvalue weighted by molar-refractivity contribution is 5.47. The molecule has 4 heteroatoms.